The van der Waals surface area contributed by atoms with Gasteiger partial charge >= 0.3 is 0 Å². The van der Waals surface area contributed by atoms with Gasteiger partial charge in [0, 0.05) is 12.1 Å². The fraction of sp³-hybridized carbons (Fsp3) is 0.200. The van der Waals surface area contributed by atoms with E-state index in [-0.39, 0.29) is 11.6 Å². The van der Waals surface area contributed by atoms with Gasteiger partial charge in [-0.1, -0.05) is 53.6 Å². The summed E-state index contributed by atoms with van der Waals surface area (Å²) in [7, 11) is 0. The monoisotopic (exact) mass is 443 g/mol. The van der Waals surface area contributed by atoms with Crippen LogP contribution >= 0.6 is 0 Å². The summed E-state index contributed by atoms with van der Waals surface area (Å²) in [6, 6.07) is 20.2. The molecule has 2 fully saturated rings. The van der Waals surface area contributed by atoms with Gasteiger partial charge in [-0.3, -0.25) is 24.5 Å². The molecule has 2 aliphatic heterocycles. The lowest BCUT2D eigenvalue weighted by atomic mass is 9.90. The normalized spacial score (nSPS) is 22.1. The number of nitro groups is 1. The number of benzene rings is 3. The molecule has 0 unspecified atom stereocenters. The predicted molar refractivity (Wildman–Crippen MR) is 122 cm³/mol. The number of anilines is 2. The third kappa shape index (κ3) is 3.44. The number of non-ortho nitro benzene ring substituents is 1. The van der Waals surface area contributed by atoms with Crippen LogP contribution in [0.1, 0.15) is 22.7 Å². The van der Waals surface area contributed by atoms with Crippen LogP contribution < -0.4 is 9.96 Å². The van der Waals surface area contributed by atoms with Crippen LogP contribution in [-0.4, -0.2) is 22.8 Å². The van der Waals surface area contributed by atoms with Crippen molar-refractivity contribution in [3.05, 3.63) is 99.6 Å². The number of nitrogens with zero attached hydrogens (tertiary/aromatic N) is 3. The molecule has 0 radical (unpaired) electrons. The molecule has 0 saturated carbocycles. The highest BCUT2D eigenvalue weighted by Crippen LogP contribution is 2.48. The molecule has 0 aliphatic carbocycles. The molecule has 2 heterocycles. The first-order chi connectivity index (χ1) is 15.8. The van der Waals surface area contributed by atoms with Gasteiger partial charge in [0.2, 0.25) is 5.91 Å². The van der Waals surface area contributed by atoms with E-state index in [2.05, 4.69) is 0 Å². The maximum Gasteiger partial charge on any atom is 0.271 e. The summed E-state index contributed by atoms with van der Waals surface area (Å²) in [5.74, 6) is -1.59. The Kier molecular flexibility index (Phi) is 4.94. The smallest absolute Gasteiger partial charge is 0.271 e. The number of rotatable bonds is 4. The molecule has 3 aromatic rings. The Hall–Kier alpha value is -4.04. The molecule has 2 aliphatic rings. The molecule has 2 amide bonds. The maximum atomic E-state index is 13.6. The third-order valence-corrected chi connectivity index (χ3v) is 6.12. The van der Waals surface area contributed by atoms with E-state index in [1.807, 2.05) is 50.2 Å². The highest BCUT2D eigenvalue weighted by molar-refractivity contribution is 6.23. The summed E-state index contributed by atoms with van der Waals surface area (Å²) in [5, 5.41) is 12.8. The summed E-state index contributed by atoms with van der Waals surface area (Å²) in [6.45, 7) is 3.89. The van der Waals surface area contributed by atoms with Crippen molar-refractivity contribution in [3.63, 3.8) is 0 Å². The number of imide groups is 1. The lowest BCUT2D eigenvalue weighted by molar-refractivity contribution is -0.384. The van der Waals surface area contributed by atoms with E-state index >= 15 is 0 Å². The summed E-state index contributed by atoms with van der Waals surface area (Å²) < 4.78 is 0. The molecule has 33 heavy (non-hydrogen) atoms. The minimum absolute atomic E-state index is 0.102. The van der Waals surface area contributed by atoms with E-state index in [1.54, 1.807) is 24.3 Å². The van der Waals surface area contributed by atoms with Crippen LogP contribution in [0.5, 0.6) is 0 Å². The highest BCUT2D eigenvalue weighted by atomic mass is 16.7. The molecule has 2 saturated heterocycles. The molecular weight excluding hydrogens is 422 g/mol. The first-order valence-corrected chi connectivity index (χ1v) is 10.6. The van der Waals surface area contributed by atoms with Gasteiger partial charge < -0.3 is 0 Å². The number of amides is 2. The topological polar surface area (TPSA) is 93.0 Å². The Balaban J connectivity index is 1.59. The van der Waals surface area contributed by atoms with Crippen molar-refractivity contribution < 1.29 is 19.3 Å². The Morgan fingerprint density at radius 2 is 1.48 bits per heavy atom. The van der Waals surface area contributed by atoms with Crippen molar-refractivity contribution in [1.82, 2.24) is 0 Å². The average Bonchev–Trinajstić information content (AvgIpc) is 3.31. The summed E-state index contributed by atoms with van der Waals surface area (Å²) in [5.41, 5.74) is 3.65. The van der Waals surface area contributed by atoms with Gasteiger partial charge in [0.1, 0.15) is 5.92 Å². The molecule has 3 atom stereocenters. The number of hydroxylamine groups is 1. The number of carbonyl (C=O) groups is 2. The second-order valence-corrected chi connectivity index (χ2v) is 8.36. The van der Waals surface area contributed by atoms with Crippen molar-refractivity contribution in [2.75, 3.05) is 9.96 Å². The minimum Gasteiger partial charge on any atom is -0.273 e. The summed E-state index contributed by atoms with van der Waals surface area (Å²) >= 11 is 0. The molecule has 0 N–H and O–H groups in total. The van der Waals surface area contributed by atoms with Crippen molar-refractivity contribution in [2.24, 2.45) is 5.92 Å². The number of hydrogen-bond acceptors (Lipinski definition) is 6. The second kappa shape index (κ2) is 7.83. The van der Waals surface area contributed by atoms with Crippen LogP contribution in [-0.2, 0) is 14.4 Å². The lowest BCUT2D eigenvalue weighted by Crippen LogP contribution is -2.37. The Bertz CT molecular complexity index is 1260. The van der Waals surface area contributed by atoms with Gasteiger partial charge in [0.15, 0.2) is 6.10 Å². The molecule has 0 spiro atoms. The van der Waals surface area contributed by atoms with Crippen molar-refractivity contribution in [2.45, 2.75) is 26.0 Å². The number of carbonyl (C=O) groups excluding carboxylic acids is 2. The summed E-state index contributed by atoms with van der Waals surface area (Å²) in [4.78, 5) is 45.0. The zero-order valence-corrected chi connectivity index (χ0v) is 18.0. The molecule has 3 aromatic carbocycles. The number of fused-ring (bicyclic) bond motifs is 1. The number of aryl methyl sites for hydroxylation is 2. The van der Waals surface area contributed by atoms with Crippen LogP contribution in [0, 0.1) is 29.9 Å². The standard InChI is InChI=1S/C25H21N3O5/c1-15-6-10-17(11-7-15)22-21-23(33-27(22)19-4-3-5-20(14-19)28(31)32)25(30)26(24(21)29)18-12-8-16(2)9-13-18/h3-14,21-23H,1-2H3/t21-,22+,23-/m0/s1. The summed E-state index contributed by atoms with van der Waals surface area (Å²) in [6.07, 6.45) is -1.02. The van der Waals surface area contributed by atoms with E-state index in [0.717, 1.165) is 16.7 Å². The molecule has 8 nitrogen and oxygen atoms in total. The zero-order chi connectivity index (χ0) is 23.3. The molecular formula is C25H21N3O5. The fourth-order valence-corrected chi connectivity index (χ4v) is 4.43. The first-order valence-electron chi connectivity index (χ1n) is 10.6. The van der Waals surface area contributed by atoms with Gasteiger partial charge in [-0.15, -0.1) is 0 Å². The predicted octanol–water partition coefficient (Wildman–Crippen LogP) is 4.26. The zero-order valence-electron chi connectivity index (χ0n) is 18.0. The lowest BCUT2D eigenvalue weighted by Gasteiger charge is -2.28. The second-order valence-electron chi connectivity index (χ2n) is 8.36. The molecule has 0 bridgehead atoms. The van der Waals surface area contributed by atoms with Crippen LogP contribution in [0.2, 0.25) is 0 Å². The fourth-order valence-electron chi connectivity index (χ4n) is 4.43. The van der Waals surface area contributed by atoms with Crippen molar-refractivity contribution in [3.8, 4) is 0 Å². The van der Waals surface area contributed by atoms with Crippen LogP contribution in [0.15, 0.2) is 72.8 Å². The highest BCUT2D eigenvalue weighted by Gasteiger charge is 2.60. The number of nitro benzene ring substituents is 1. The minimum atomic E-state index is -1.02. The maximum absolute atomic E-state index is 13.6. The van der Waals surface area contributed by atoms with Gasteiger partial charge in [0.05, 0.1) is 22.3 Å². The van der Waals surface area contributed by atoms with Crippen LogP contribution in [0.4, 0.5) is 17.1 Å². The van der Waals surface area contributed by atoms with Gasteiger partial charge in [-0.05, 0) is 37.6 Å². The average molecular weight is 443 g/mol. The van der Waals surface area contributed by atoms with E-state index in [1.165, 1.54) is 22.1 Å². The molecule has 8 heteroatoms. The van der Waals surface area contributed by atoms with Crippen LogP contribution in [0.3, 0.4) is 0 Å². The largest absolute Gasteiger partial charge is 0.273 e. The Labute approximate surface area is 190 Å². The van der Waals surface area contributed by atoms with Crippen molar-refractivity contribution in [1.29, 1.82) is 0 Å². The SMILES string of the molecule is Cc1ccc([C@@H]2[C@@H]3C(=O)N(c4ccc(C)cc4)C(=O)[C@H]3ON2c2cccc([N+](=O)[O-])c2)cc1. The van der Waals surface area contributed by atoms with Gasteiger partial charge in [-0.2, -0.15) is 0 Å². The van der Waals surface area contributed by atoms with Gasteiger partial charge in [-0.25, -0.2) is 9.96 Å². The third-order valence-electron chi connectivity index (χ3n) is 6.12. The Morgan fingerprint density at radius 1 is 0.848 bits per heavy atom. The van der Waals surface area contributed by atoms with E-state index in [0.29, 0.717) is 11.4 Å². The molecule has 166 valence electrons. The van der Waals surface area contributed by atoms with Gasteiger partial charge in [0.25, 0.3) is 11.6 Å². The molecule has 0 aromatic heterocycles. The van der Waals surface area contributed by atoms with E-state index in [4.69, 9.17) is 4.84 Å². The number of hydrogen-bond donors (Lipinski definition) is 0. The van der Waals surface area contributed by atoms with E-state index in [9.17, 15) is 19.7 Å². The van der Waals surface area contributed by atoms with E-state index < -0.39 is 28.9 Å². The first kappa shape index (κ1) is 20.8. The van der Waals surface area contributed by atoms with Crippen LogP contribution in [0.25, 0.3) is 0 Å². The van der Waals surface area contributed by atoms with Crippen molar-refractivity contribution >= 4 is 28.9 Å². The quantitative estimate of drug-likeness (QED) is 0.340. The Morgan fingerprint density at radius 3 is 2.12 bits per heavy atom. The molecule has 5 rings (SSSR count).